The lowest BCUT2D eigenvalue weighted by atomic mass is 10.1. The third-order valence-corrected chi connectivity index (χ3v) is 1.85. The molecule has 0 amide bonds. The fraction of sp³-hybridized carbons (Fsp3) is 0.667. The van der Waals surface area contributed by atoms with E-state index >= 15 is 0 Å². The summed E-state index contributed by atoms with van der Waals surface area (Å²) in [6.07, 6.45) is 4.54. The first kappa shape index (κ1) is 9.26. The molecule has 1 heterocycles. The summed E-state index contributed by atoms with van der Waals surface area (Å²) in [4.78, 5) is 10.7. The van der Waals surface area contributed by atoms with Crippen molar-refractivity contribution in [3.05, 3.63) is 12.7 Å². The molecule has 0 radical (unpaired) electrons. The minimum atomic E-state index is -0.371. The van der Waals surface area contributed by atoms with Gasteiger partial charge in [-0.15, -0.1) is 0 Å². The lowest BCUT2D eigenvalue weighted by Crippen LogP contribution is -2.25. The molecule has 0 aromatic heterocycles. The lowest BCUT2D eigenvalue weighted by molar-refractivity contribution is -0.143. The first-order valence-corrected chi connectivity index (χ1v) is 4.23. The van der Waals surface area contributed by atoms with E-state index < -0.39 is 0 Å². The topological polar surface area (TPSA) is 35.5 Å². The van der Waals surface area contributed by atoms with E-state index in [0.29, 0.717) is 6.61 Å². The Bertz CT molecular complexity index is 159. The standard InChI is InChI=1S/C9H14O3/c1-2-9(10)12-7-8-5-3-4-6-11-8/h2,8H,1,3-7H2. The summed E-state index contributed by atoms with van der Waals surface area (Å²) in [6, 6.07) is 0. The Hall–Kier alpha value is -0.830. The smallest absolute Gasteiger partial charge is 0.330 e. The Kier molecular flexibility index (Phi) is 3.80. The molecule has 0 spiro atoms. The van der Waals surface area contributed by atoms with Gasteiger partial charge in [-0.1, -0.05) is 6.58 Å². The molecular formula is C9H14O3. The normalized spacial score (nSPS) is 23.2. The van der Waals surface area contributed by atoms with Crippen molar-refractivity contribution in [2.24, 2.45) is 0 Å². The summed E-state index contributed by atoms with van der Waals surface area (Å²) in [6.45, 7) is 4.46. The van der Waals surface area contributed by atoms with E-state index in [0.717, 1.165) is 25.9 Å². The van der Waals surface area contributed by atoms with E-state index in [1.165, 1.54) is 6.08 Å². The molecule has 1 rings (SSSR count). The Morgan fingerprint density at radius 1 is 1.67 bits per heavy atom. The number of carbonyl (C=O) groups is 1. The van der Waals surface area contributed by atoms with Crippen molar-refractivity contribution in [2.45, 2.75) is 25.4 Å². The summed E-state index contributed by atoms with van der Waals surface area (Å²) >= 11 is 0. The minimum Gasteiger partial charge on any atom is -0.460 e. The molecule has 0 saturated carbocycles. The summed E-state index contributed by atoms with van der Waals surface area (Å²) in [7, 11) is 0. The molecule has 0 N–H and O–H groups in total. The molecule has 3 heteroatoms. The van der Waals surface area contributed by atoms with Gasteiger partial charge in [0.15, 0.2) is 0 Å². The van der Waals surface area contributed by atoms with E-state index in [9.17, 15) is 4.79 Å². The second-order valence-corrected chi connectivity index (χ2v) is 2.82. The lowest BCUT2D eigenvalue weighted by Gasteiger charge is -2.21. The second-order valence-electron chi connectivity index (χ2n) is 2.82. The molecule has 1 aliphatic rings. The molecule has 0 bridgehead atoms. The van der Waals surface area contributed by atoms with Gasteiger partial charge in [-0.05, 0) is 19.3 Å². The molecule has 1 fully saturated rings. The predicted octanol–water partition coefficient (Wildman–Crippen LogP) is 1.28. The van der Waals surface area contributed by atoms with Crippen molar-refractivity contribution in [1.82, 2.24) is 0 Å². The summed E-state index contributed by atoms with van der Waals surface area (Å²) < 4.78 is 10.2. The third kappa shape index (κ3) is 3.05. The van der Waals surface area contributed by atoms with Gasteiger partial charge in [-0.3, -0.25) is 0 Å². The van der Waals surface area contributed by atoms with E-state index in [1.807, 2.05) is 0 Å². The van der Waals surface area contributed by atoms with Gasteiger partial charge in [0.25, 0.3) is 0 Å². The molecule has 1 saturated heterocycles. The molecule has 1 unspecified atom stereocenters. The zero-order chi connectivity index (χ0) is 8.81. The highest BCUT2D eigenvalue weighted by atomic mass is 16.6. The summed E-state index contributed by atoms with van der Waals surface area (Å²) in [5.74, 6) is -0.371. The summed E-state index contributed by atoms with van der Waals surface area (Å²) in [5, 5.41) is 0. The van der Waals surface area contributed by atoms with Gasteiger partial charge in [-0.2, -0.15) is 0 Å². The van der Waals surface area contributed by atoms with Crippen LogP contribution in [0.4, 0.5) is 0 Å². The van der Waals surface area contributed by atoms with Crippen molar-refractivity contribution < 1.29 is 14.3 Å². The van der Waals surface area contributed by atoms with Crippen LogP contribution in [0.5, 0.6) is 0 Å². The highest BCUT2D eigenvalue weighted by Crippen LogP contribution is 2.12. The van der Waals surface area contributed by atoms with Crippen LogP contribution in [-0.2, 0) is 14.3 Å². The number of hydrogen-bond acceptors (Lipinski definition) is 3. The van der Waals surface area contributed by atoms with Gasteiger partial charge in [-0.25, -0.2) is 4.79 Å². The average Bonchev–Trinajstić information content (AvgIpc) is 2.16. The molecule has 0 aromatic rings. The predicted molar refractivity (Wildman–Crippen MR) is 44.7 cm³/mol. The van der Waals surface area contributed by atoms with Gasteiger partial charge in [0.05, 0.1) is 6.10 Å². The van der Waals surface area contributed by atoms with Crippen LogP contribution in [0.15, 0.2) is 12.7 Å². The van der Waals surface area contributed by atoms with Gasteiger partial charge in [0.1, 0.15) is 6.61 Å². The van der Waals surface area contributed by atoms with Crippen LogP contribution in [0.25, 0.3) is 0 Å². The number of carbonyl (C=O) groups excluding carboxylic acids is 1. The molecule has 1 atom stereocenters. The zero-order valence-corrected chi connectivity index (χ0v) is 7.12. The Labute approximate surface area is 72.4 Å². The first-order chi connectivity index (χ1) is 5.83. The quantitative estimate of drug-likeness (QED) is 0.473. The molecular weight excluding hydrogens is 156 g/mol. The van der Waals surface area contributed by atoms with Gasteiger partial charge in [0, 0.05) is 12.7 Å². The maximum atomic E-state index is 10.7. The van der Waals surface area contributed by atoms with Gasteiger partial charge >= 0.3 is 5.97 Å². The number of rotatable bonds is 3. The van der Waals surface area contributed by atoms with Crippen LogP contribution in [0.2, 0.25) is 0 Å². The largest absolute Gasteiger partial charge is 0.460 e. The highest BCUT2D eigenvalue weighted by molar-refractivity contribution is 5.81. The Balaban J connectivity index is 2.12. The van der Waals surface area contributed by atoms with Crippen molar-refractivity contribution in [3.63, 3.8) is 0 Å². The number of ether oxygens (including phenoxy) is 2. The fourth-order valence-corrected chi connectivity index (χ4v) is 1.17. The maximum Gasteiger partial charge on any atom is 0.330 e. The molecule has 3 nitrogen and oxygen atoms in total. The Morgan fingerprint density at radius 2 is 2.50 bits per heavy atom. The molecule has 0 aliphatic carbocycles. The van der Waals surface area contributed by atoms with E-state index in [1.54, 1.807) is 0 Å². The molecule has 68 valence electrons. The van der Waals surface area contributed by atoms with Crippen molar-refractivity contribution in [1.29, 1.82) is 0 Å². The second kappa shape index (κ2) is 4.93. The number of hydrogen-bond donors (Lipinski definition) is 0. The van der Waals surface area contributed by atoms with Crippen molar-refractivity contribution in [3.8, 4) is 0 Å². The van der Waals surface area contributed by atoms with Crippen LogP contribution < -0.4 is 0 Å². The SMILES string of the molecule is C=CC(=O)OCC1CCCCO1. The first-order valence-electron chi connectivity index (χ1n) is 4.23. The third-order valence-electron chi connectivity index (χ3n) is 1.85. The fourth-order valence-electron chi connectivity index (χ4n) is 1.17. The monoisotopic (exact) mass is 170 g/mol. The van der Waals surface area contributed by atoms with Crippen LogP contribution >= 0.6 is 0 Å². The van der Waals surface area contributed by atoms with Gasteiger partial charge in [0.2, 0.25) is 0 Å². The van der Waals surface area contributed by atoms with Crippen LogP contribution in [-0.4, -0.2) is 25.3 Å². The maximum absolute atomic E-state index is 10.7. The average molecular weight is 170 g/mol. The van der Waals surface area contributed by atoms with Crippen LogP contribution in [0, 0.1) is 0 Å². The summed E-state index contributed by atoms with van der Waals surface area (Å²) in [5.41, 5.74) is 0. The van der Waals surface area contributed by atoms with E-state index in [4.69, 9.17) is 9.47 Å². The van der Waals surface area contributed by atoms with Gasteiger partial charge < -0.3 is 9.47 Å². The number of esters is 1. The molecule has 12 heavy (non-hydrogen) atoms. The van der Waals surface area contributed by atoms with Crippen LogP contribution in [0.1, 0.15) is 19.3 Å². The Morgan fingerprint density at radius 3 is 3.08 bits per heavy atom. The van der Waals surface area contributed by atoms with Crippen molar-refractivity contribution >= 4 is 5.97 Å². The zero-order valence-electron chi connectivity index (χ0n) is 7.12. The minimum absolute atomic E-state index is 0.0997. The molecule has 1 aliphatic heterocycles. The molecule has 0 aromatic carbocycles. The van der Waals surface area contributed by atoms with E-state index in [2.05, 4.69) is 6.58 Å². The highest BCUT2D eigenvalue weighted by Gasteiger charge is 2.14. The van der Waals surface area contributed by atoms with Crippen LogP contribution in [0.3, 0.4) is 0 Å². The van der Waals surface area contributed by atoms with Crippen molar-refractivity contribution in [2.75, 3.05) is 13.2 Å². The van der Waals surface area contributed by atoms with E-state index in [-0.39, 0.29) is 12.1 Å².